The number of aryl methyl sites for hydroxylation is 1. The van der Waals surface area contributed by atoms with Crippen LogP contribution < -0.4 is 0 Å². The number of phenols is 1. The second kappa shape index (κ2) is 14.0. The van der Waals surface area contributed by atoms with Gasteiger partial charge in [-0.15, -0.1) is 12.4 Å². The summed E-state index contributed by atoms with van der Waals surface area (Å²) in [5.41, 5.74) is 3.95. The van der Waals surface area contributed by atoms with Crippen LogP contribution in [0.4, 0.5) is 0 Å². The van der Waals surface area contributed by atoms with Crippen LogP contribution in [-0.4, -0.2) is 47.7 Å². The van der Waals surface area contributed by atoms with Gasteiger partial charge in [0.15, 0.2) is 0 Å². The lowest BCUT2D eigenvalue weighted by molar-refractivity contribution is -0.143. The molecule has 0 fully saturated rings. The molecule has 0 amide bonds. The zero-order chi connectivity index (χ0) is 23.6. The Labute approximate surface area is 208 Å². The van der Waals surface area contributed by atoms with Gasteiger partial charge in [-0.3, -0.25) is 9.69 Å². The molecule has 34 heavy (non-hydrogen) atoms. The Morgan fingerprint density at radius 2 is 1.76 bits per heavy atom. The van der Waals surface area contributed by atoms with Gasteiger partial charge in [0, 0.05) is 19.0 Å². The molecule has 0 saturated carbocycles. The minimum Gasteiger partial charge on any atom is -0.508 e. The molecule has 2 aromatic rings. The summed E-state index contributed by atoms with van der Waals surface area (Å²) in [6.45, 7) is 5.99. The minimum atomic E-state index is -0.306. The first kappa shape index (κ1) is 27.7. The number of unbranched alkanes of at least 4 members (excludes halogenated alkanes) is 1. The zero-order valence-corrected chi connectivity index (χ0v) is 20.9. The second-order valence-corrected chi connectivity index (χ2v) is 8.46. The van der Waals surface area contributed by atoms with E-state index in [2.05, 4.69) is 11.0 Å². The maximum absolute atomic E-state index is 12.0. The first-order valence-electron chi connectivity index (χ1n) is 12.0. The van der Waals surface area contributed by atoms with Gasteiger partial charge in [0.1, 0.15) is 5.75 Å². The summed E-state index contributed by atoms with van der Waals surface area (Å²) in [6, 6.07) is 13.7. The molecule has 1 aliphatic carbocycles. The molecule has 3 rings (SSSR count). The summed E-state index contributed by atoms with van der Waals surface area (Å²) in [5.74, 6) is -0.0763. The summed E-state index contributed by atoms with van der Waals surface area (Å²) in [6.07, 6.45) is 4.88. The fraction of sp³-hybridized carbons (Fsp3) is 0.481. The highest BCUT2D eigenvalue weighted by Gasteiger charge is 2.26. The highest BCUT2D eigenvalue weighted by molar-refractivity contribution is 5.89. The molecule has 0 aromatic heterocycles. The van der Waals surface area contributed by atoms with E-state index in [-0.39, 0.29) is 24.3 Å². The van der Waals surface area contributed by atoms with Gasteiger partial charge in [-0.05, 0) is 87.4 Å². The van der Waals surface area contributed by atoms with E-state index in [1.165, 1.54) is 5.56 Å². The van der Waals surface area contributed by atoms with Crippen LogP contribution in [-0.2, 0) is 33.7 Å². The summed E-state index contributed by atoms with van der Waals surface area (Å²) in [5, 5.41) is 10.4. The van der Waals surface area contributed by atoms with Crippen LogP contribution in [0.2, 0.25) is 0 Å². The Bertz CT molecular complexity index is 931. The van der Waals surface area contributed by atoms with Crippen molar-refractivity contribution >= 4 is 24.3 Å². The average Bonchev–Trinajstić information content (AvgIpc) is 2.82. The number of hydrogen-bond donors (Lipinski definition) is 1. The van der Waals surface area contributed by atoms with Crippen molar-refractivity contribution in [2.45, 2.75) is 65.0 Å². The Kier molecular flexibility index (Phi) is 11.4. The lowest BCUT2D eigenvalue weighted by Gasteiger charge is -2.35. The number of carbonyl (C=O) groups excluding carboxylic acids is 2. The van der Waals surface area contributed by atoms with Gasteiger partial charge in [0.25, 0.3) is 0 Å². The maximum Gasteiger partial charge on any atom is 0.338 e. The van der Waals surface area contributed by atoms with Crippen molar-refractivity contribution in [3.63, 3.8) is 0 Å². The number of benzene rings is 2. The van der Waals surface area contributed by atoms with Crippen LogP contribution >= 0.6 is 12.4 Å². The minimum absolute atomic E-state index is 0. The summed E-state index contributed by atoms with van der Waals surface area (Å²) in [7, 11) is 0. The molecule has 0 saturated heterocycles. The van der Waals surface area contributed by atoms with Crippen molar-refractivity contribution in [3.8, 4) is 5.75 Å². The molecule has 1 atom stereocenters. The molecule has 1 N–H and O–H groups in total. The molecule has 0 radical (unpaired) electrons. The Morgan fingerprint density at radius 3 is 2.47 bits per heavy atom. The number of ether oxygens (including phenoxy) is 2. The van der Waals surface area contributed by atoms with Gasteiger partial charge in [0.2, 0.25) is 0 Å². The number of esters is 2. The van der Waals surface area contributed by atoms with Gasteiger partial charge in [-0.25, -0.2) is 4.79 Å². The zero-order valence-electron chi connectivity index (χ0n) is 20.1. The SMILES string of the molecule is CCOC(=O)CCCCN(Cc1ccc(C(=O)OCC)cc1)C1CCc2cccc(O)c2C1.Cl. The number of halogens is 1. The standard InChI is InChI=1S/C27H35NO5.ClH/c1-3-32-26(30)10-5-6-17-28(19-20-11-13-22(14-12-20)27(31)33-4-2)23-16-15-21-8-7-9-25(29)24(21)18-23;/h7-9,11-14,23,29H,3-6,10,15-19H2,1-2H3;1H. The summed E-state index contributed by atoms with van der Waals surface area (Å²) >= 11 is 0. The van der Waals surface area contributed by atoms with Crippen LogP contribution in [0.1, 0.15) is 66.6 Å². The highest BCUT2D eigenvalue weighted by atomic mass is 35.5. The van der Waals surface area contributed by atoms with E-state index < -0.39 is 0 Å². The largest absolute Gasteiger partial charge is 0.508 e. The number of aromatic hydroxyl groups is 1. The van der Waals surface area contributed by atoms with Crippen LogP contribution in [0.15, 0.2) is 42.5 Å². The molecule has 0 spiro atoms. The summed E-state index contributed by atoms with van der Waals surface area (Å²) in [4.78, 5) is 26.1. The van der Waals surface area contributed by atoms with Gasteiger partial charge in [0.05, 0.1) is 18.8 Å². The molecule has 6 nitrogen and oxygen atoms in total. The van der Waals surface area contributed by atoms with Crippen molar-refractivity contribution in [2.75, 3.05) is 19.8 Å². The smallest absolute Gasteiger partial charge is 0.338 e. The number of fused-ring (bicyclic) bond motifs is 1. The number of nitrogens with zero attached hydrogens (tertiary/aromatic N) is 1. The fourth-order valence-corrected chi connectivity index (χ4v) is 4.47. The highest BCUT2D eigenvalue weighted by Crippen LogP contribution is 2.31. The predicted octanol–water partition coefficient (Wildman–Crippen LogP) is 5.08. The van der Waals surface area contributed by atoms with Crippen LogP contribution in [0.5, 0.6) is 5.75 Å². The summed E-state index contributed by atoms with van der Waals surface area (Å²) < 4.78 is 10.1. The molecule has 0 bridgehead atoms. The lowest BCUT2D eigenvalue weighted by Crippen LogP contribution is -2.39. The first-order chi connectivity index (χ1) is 16.0. The second-order valence-electron chi connectivity index (χ2n) is 8.46. The number of phenolic OH excluding ortho intramolecular Hbond substituents is 1. The van der Waals surface area contributed by atoms with E-state index in [1.54, 1.807) is 13.0 Å². The molecular formula is C27H36ClNO5. The van der Waals surface area contributed by atoms with Gasteiger partial charge >= 0.3 is 11.9 Å². The monoisotopic (exact) mass is 489 g/mol. The molecule has 186 valence electrons. The molecule has 1 unspecified atom stereocenters. The third-order valence-electron chi connectivity index (χ3n) is 6.18. The number of carbonyl (C=O) groups is 2. The van der Waals surface area contributed by atoms with Crippen molar-refractivity contribution in [1.82, 2.24) is 4.90 Å². The van der Waals surface area contributed by atoms with E-state index >= 15 is 0 Å². The van der Waals surface area contributed by atoms with E-state index in [4.69, 9.17) is 9.47 Å². The van der Waals surface area contributed by atoms with Crippen LogP contribution in [0.3, 0.4) is 0 Å². The van der Waals surface area contributed by atoms with E-state index in [1.807, 2.05) is 37.3 Å². The maximum atomic E-state index is 12.0. The van der Waals surface area contributed by atoms with Crippen molar-refractivity contribution < 1.29 is 24.2 Å². The quantitative estimate of drug-likeness (QED) is 0.350. The molecule has 1 aliphatic rings. The van der Waals surface area contributed by atoms with E-state index in [0.29, 0.717) is 37.0 Å². The van der Waals surface area contributed by atoms with Crippen molar-refractivity contribution in [3.05, 3.63) is 64.7 Å². The third-order valence-corrected chi connectivity index (χ3v) is 6.18. The molecule has 7 heteroatoms. The normalized spacial score (nSPS) is 14.7. The number of rotatable bonds is 11. The molecule has 0 heterocycles. The Hall–Kier alpha value is -2.57. The van der Waals surface area contributed by atoms with Crippen LogP contribution in [0.25, 0.3) is 0 Å². The van der Waals surface area contributed by atoms with Crippen molar-refractivity contribution in [1.29, 1.82) is 0 Å². The third kappa shape index (κ3) is 7.74. The topological polar surface area (TPSA) is 76.1 Å². The Balaban J connectivity index is 0.00000408. The lowest BCUT2D eigenvalue weighted by atomic mass is 9.86. The predicted molar refractivity (Wildman–Crippen MR) is 134 cm³/mol. The van der Waals surface area contributed by atoms with E-state index in [0.717, 1.165) is 56.3 Å². The van der Waals surface area contributed by atoms with Gasteiger partial charge < -0.3 is 14.6 Å². The van der Waals surface area contributed by atoms with Gasteiger partial charge in [-0.2, -0.15) is 0 Å². The molecular weight excluding hydrogens is 454 g/mol. The molecule has 0 aliphatic heterocycles. The average molecular weight is 490 g/mol. The van der Waals surface area contributed by atoms with Crippen molar-refractivity contribution in [2.24, 2.45) is 0 Å². The number of hydrogen-bond acceptors (Lipinski definition) is 6. The molecule has 2 aromatic carbocycles. The van der Waals surface area contributed by atoms with Crippen LogP contribution in [0, 0.1) is 0 Å². The Morgan fingerprint density at radius 1 is 1.03 bits per heavy atom. The fourth-order valence-electron chi connectivity index (χ4n) is 4.47. The first-order valence-corrected chi connectivity index (χ1v) is 12.0. The van der Waals surface area contributed by atoms with E-state index in [9.17, 15) is 14.7 Å². The van der Waals surface area contributed by atoms with Gasteiger partial charge in [-0.1, -0.05) is 24.3 Å².